The molecule has 4 heteroatoms. The first-order valence-corrected chi connectivity index (χ1v) is 6.93. The van der Waals surface area contributed by atoms with Crippen LogP contribution in [-0.2, 0) is 4.74 Å². The molecule has 0 amide bonds. The van der Waals surface area contributed by atoms with Gasteiger partial charge in [0.15, 0.2) is 0 Å². The molecule has 1 fully saturated rings. The number of fused-ring (bicyclic) bond motifs is 1. The molecule has 1 aliphatic heterocycles. The molecule has 2 heterocycles. The molecular weight excluding hydrogens is 240 g/mol. The van der Waals surface area contributed by atoms with E-state index in [1.165, 1.54) is 12.8 Å². The zero-order valence-electron chi connectivity index (χ0n) is 11.0. The van der Waals surface area contributed by atoms with Gasteiger partial charge in [0, 0.05) is 12.0 Å². The summed E-state index contributed by atoms with van der Waals surface area (Å²) in [6.07, 6.45) is 4.65. The van der Waals surface area contributed by atoms with E-state index in [1.54, 1.807) is 0 Å². The first-order chi connectivity index (χ1) is 9.36. The van der Waals surface area contributed by atoms with Gasteiger partial charge in [-0.25, -0.2) is 5.43 Å². The molecule has 2 unspecified atom stereocenters. The average molecular weight is 260 g/mol. The second-order valence-corrected chi connectivity index (χ2v) is 5.13. The Hall–Kier alpha value is -1.36. The van der Waals surface area contributed by atoms with Gasteiger partial charge in [0.1, 0.15) is 11.3 Å². The van der Waals surface area contributed by atoms with Gasteiger partial charge in [-0.15, -0.1) is 0 Å². The molecule has 102 valence electrons. The normalized spacial score (nSPS) is 21.6. The molecule has 3 N–H and O–H groups in total. The maximum Gasteiger partial charge on any atom is 0.134 e. The summed E-state index contributed by atoms with van der Waals surface area (Å²) in [5.41, 5.74) is 3.76. The van der Waals surface area contributed by atoms with E-state index in [2.05, 4.69) is 11.5 Å². The van der Waals surface area contributed by atoms with Gasteiger partial charge in [-0.3, -0.25) is 5.84 Å². The lowest BCUT2D eigenvalue weighted by molar-refractivity contribution is 0.00380. The summed E-state index contributed by atoms with van der Waals surface area (Å²) in [6.45, 7) is 0.863. The second-order valence-electron chi connectivity index (χ2n) is 5.13. The highest BCUT2D eigenvalue weighted by atomic mass is 16.5. The van der Waals surface area contributed by atoms with Gasteiger partial charge in [-0.1, -0.05) is 18.2 Å². The van der Waals surface area contributed by atoms with Crippen molar-refractivity contribution >= 4 is 11.0 Å². The van der Waals surface area contributed by atoms with Crippen LogP contribution >= 0.6 is 0 Å². The van der Waals surface area contributed by atoms with Crippen molar-refractivity contribution in [2.45, 2.75) is 37.8 Å². The minimum absolute atomic E-state index is 0.00972. The van der Waals surface area contributed by atoms with E-state index in [4.69, 9.17) is 15.0 Å². The van der Waals surface area contributed by atoms with Gasteiger partial charge in [-0.2, -0.15) is 0 Å². The molecule has 1 aromatic carbocycles. The standard InChI is InChI=1S/C15H20N2O2/c16-17-13(10-12-6-3-4-8-18-12)15-9-11-5-1-2-7-14(11)19-15/h1-2,5,7,9,12-13,17H,3-4,6,8,10,16H2. The van der Waals surface area contributed by atoms with Crippen LogP contribution in [0.1, 0.15) is 37.5 Å². The fourth-order valence-electron chi connectivity index (χ4n) is 2.70. The van der Waals surface area contributed by atoms with Gasteiger partial charge in [-0.05, 0) is 37.8 Å². The number of hydrogen-bond donors (Lipinski definition) is 2. The molecule has 0 aliphatic carbocycles. The minimum Gasteiger partial charge on any atom is -0.459 e. The van der Waals surface area contributed by atoms with E-state index in [0.717, 1.165) is 36.2 Å². The molecule has 4 nitrogen and oxygen atoms in total. The van der Waals surface area contributed by atoms with Gasteiger partial charge in [0.2, 0.25) is 0 Å². The van der Waals surface area contributed by atoms with E-state index in [-0.39, 0.29) is 12.1 Å². The van der Waals surface area contributed by atoms with Crippen LogP contribution in [0, 0.1) is 0 Å². The van der Waals surface area contributed by atoms with Crippen molar-refractivity contribution in [3.63, 3.8) is 0 Å². The number of ether oxygens (including phenoxy) is 1. The maximum atomic E-state index is 5.86. The Morgan fingerprint density at radius 3 is 2.95 bits per heavy atom. The number of rotatable bonds is 4. The number of nitrogens with one attached hydrogen (secondary N) is 1. The SMILES string of the molecule is NNC(CC1CCCCO1)c1cc2ccccc2o1. The number of nitrogens with two attached hydrogens (primary N) is 1. The van der Waals surface area contributed by atoms with Crippen LogP contribution in [0.2, 0.25) is 0 Å². The largest absolute Gasteiger partial charge is 0.459 e. The van der Waals surface area contributed by atoms with Crippen LogP contribution in [0.15, 0.2) is 34.7 Å². The summed E-state index contributed by atoms with van der Waals surface area (Å²) in [5, 5.41) is 1.11. The van der Waals surface area contributed by atoms with Crippen LogP contribution in [-0.4, -0.2) is 12.7 Å². The van der Waals surface area contributed by atoms with Crippen LogP contribution in [0.4, 0.5) is 0 Å². The summed E-state index contributed by atoms with van der Waals surface area (Å²) < 4.78 is 11.6. The highest BCUT2D eigenvalue weighted by molar-refractivity contribution is 5.77. The predicted molar refractivity (Wildman–Crippen MR) is 74.5 cm³/mol. The zero-order chi connectivity index (χ0) is 13.1. The van der Waals surface area contributed by atoms with E-state index in [9.17, 15) is 0 Å². The molecule has 1 saturated heterocycles. The van der Waals surface area contributed by atoms with Crippen LogP contribution in [0.5, 0.6) is 0 Å². The lowest BCUT2D eigenvalue weighted by Crippen LogP contribution is -2.32. The van der Waals surface area contributed by atoms with E-state index >= 15 is 0 Å². The number of furan rings is 1. The maximum absolute atomic E-state index is 5.86. The summed E-state index contributed by atoms with van der Waals surface area (Å²) in [4.78, 5) is 0. The van der Waals surface area contributed by atoms with Gasteiger partial charge >= 0.3 is 0 Å². The predicted octanol–water partition coefficient (Wildman–Crippen LogP) is 2.90. The third kappa shape index (κ3) is 2.81. The molecule has 0 radical (unpaired) electrons. The summed E-state index contributed by atoms with van der Waals surface area (Å²) in [7, 11) is 0. The quantitative estimate of drug-likeness (QED) is 0.655. The van der Waals surface area contributed by atoms with Crippen molar-refractivity contribution in [3.8, 4) is 0 Å². The third-order valence-corrected chi connectivity index (χ3v) is 3.76. The molecule has 1 aliphatic rings. The van der Waals surface area contributed by atoms with E-state index in [1.807, 2.05) is 24.3 Å². The Kier molecular flexibility index (Phi) is 3.82. The molecule has 3 rings (SSSR count). The Balaban J connectivity index is 1.76. The van der Waals surface area contributed by atoms with E-state index in [0.29, 0.717) is 0 Å². The van der Waals surface area contributed by atoms with Crippen molar-refractivity contribution in [1.82, 2.24) is 5.43 Å². The third-order valence-electron chi connectivity index (χ3n) is 3.76. The van der Waals surface area contributed by atoms with Crippen molar-refractivity contribution < 1.29 is 9.15 Å². The van der Waals surface area contributed by atoms with E-state index < -0.39 is 0 Å². The first kappa shape index (κ1) is 12.7. The zero-order valence-corrected chi connectivity index (χ0v) is 11.0. The van der Waals surface area contributed by atoms with Crippen LogP contribution < -0.4 is 11.3 Å². The lowest BCUT2D eigenvalue weighted by atomic mass is 10.0. The molecule has 1 aromatic heterocycles. The monoisotopic (exact) mass is 260 g/mol. The lowest BCUT2D eigenvalue weighted by Gasteiger charge is -2.25. The minimum atomic E-state index is 0.00972. The summed E-state index contributed by atoms with van der Waals surface area (Å²) in [5.74, 6) is 6.57. The van der Waals surface area contributed by atoms with Crippen molar-refractivity contribution in [2.75, 3.05) is 6.61 Å². The molecular formula is C15H20N2O2. The van der Waals surface area contributed by atoms with Gasteiger partial charge in [0.25, 0.3) is 0 Å². The van der Waals surface area contributed by atoms with Crippen LogP contribution in [0.3, 0.4) is 0 Å². The number of hydrazine groups is 1. The highest BCUT2D eigenvalue weighted by Gasteiger charge is 2.22. The topological polar surface area (TPSA) is 60.4 Å². The Labute approximate surface area is 112 Å². The molecule has 2 aromatic rings. The number of benzene rings is 1. The molecule has 0 bridgehead atoms. The second kappa shape index (κ2) is 5.74. The van der Waals surface area contributed by atoms with Crippen molar-refractivity contribution in [3.05, 3.63) is 36.1 Å². The Morgan fingerprint density at radius 2 is 2.21 bits per heavy atom. The smallest absolute Gasteiger partial charge is 0.134 e. The molecule has 19 heavy (non-hydrogen) atoms. The average Bonchev–Trinajstić information content (AvgIpc) is 2.89. The van der Waals surface area contributed by atoms with Crippen LogP contribution in [0.25, 0.3) is 11.0 Å². The molecule has 0 saturated carbocycles. The Bertz CT molecular complexity index is 499. The summed E-state index contributed by atoms with van der Waals surface area (Å²) >= 11 is 0. The first-order valence-electron chi connectivity index (χ1n) is 6.93. The van der Waals surface area contributed by atoms with Gasteiger partial charge < -0.3 is 9.15 Å². The molecule has 0 spiro atoms. The number of hydrogen-bond acceptors (Lipinski definition) is 4. The fourth-order valence-corrected chi connectivity index (χ4v) is 2.70. The summed E-state index contributed by atoms with van der Waals surface area (Å²) in [6, 6.07) is 10.1. The van der Waals surface area contributed by atoms with Gasteiger partial charge in [0.05, 0.1) is 12.1 Å². The number of para-hydroxylation sites is 1. The van der Waals surface area contributed by atoms with Crippen molar-refractivity contribution in [2.24, 2.45) is 5.84 Å². The highest BCUT2D eigenvalue weighted by Crippen LogP contribution is 2.28. The molecule has 2 atom stereocenters. The Morgan fingerprint density at radius 1 is 1.32 bits per heavy atom. The van der Waals surface area contributed by atoms with Crippen molar-refractivity contribution in [1.29, 1.82) is 0 Å². The fraction of sp³-hybridized carbons (Fsp3) is 0.467.